The van der Waals surface area contributed by atoms with Crippen molar-refractivity contribution < 1.29 is 19.0 Å². The van der Waals surface area contributed by atoms with Crippen molar-refractivity contribution in [2.75, 3.05) is 0 Å². The number of carbonyl (C=O) groups excluding carboxylic acids is 1. The highest BCUT2D eigenvalue weighted by Gasteiger charge is 2.45. The summed E-state index contributed by atoms with van der Waals surface area (Å²) < 4.78 is 21.3. The number of aryl methyl sites for hydroxylation is 1. The van der Waals surface area contributed by atoms with Crippen molar-refractivity contribution in [3.05, 3.63) is 62.2 Å². The Bertz CT molecular complexity index is 1400. The van der Waals surface area contributed by atoms with Crippen LogP contribution in [0.2, 0.25) is 0 Å². The molecule has 0 saturated carbocycles. The summed E-state index contributed by atoms with van der Waals surface area (Å²) in [5.41, 5.74) is 8.75. The highest BCUT2D eigenvalue weighted by Crippen LogP contribution is 2.44. The van der Waals surface area contributed by atoms with E-state index in [0.717, 1.165) is 16.5 Å². The SMILES string of the molecule is CC[C@@]1(O)C(=O)OCc2c1cc1n(c2=O)Cc2c-1nc1ccc(F)c3c1c2CCC3N. The molecule has 0 saturated heterocycles. The predicted octanol–water partition coefficient (Wildman–Crippen LogP) is 2.16. The predicted molar refractivity (Wildman–Crippen MR) is 110 cm³/mol. The smallest absolute Gasteiger partial charge is 0.343 e. The lowest BCUT2D eigenvalue weighted by Crippen LogP contribution is -2.44. The van der Waals surface area contributed by atoms with E-state index in [0.29, 0.717) is 41.9 Å². The normalized spacial score (nSPS) is 23.4. The molecule has 0 fully saturated rings. The second-order valence-corrected chi connectivity index (χ2v) is 8.52. The van der Waals surface area contributed by atoms with Crippen LogP contribution < -0.4 is 11.3 Å². The van der Waals surface area contributed by atoms with Gasteiger partial charge in [-0.1, -0.05) is 6.92 Å². The molecular weight excluding hydrogens is 401 g/mol. The van der Waals surface area contributed by atoms with E-state index in [1.807, 2.05) is 0 Å². The minimum Gasteiger partial charge on any atom is -0.458 e. The summed E-state index contributed by atoms with van der Waals surface area (Å²) in [4.78, 5) is 30.4. The van der Waals surface area contributed by atoms with E-state index in [9.17, 15) is 19.1 Å². The van der Waals surface area contributed by atoms with Crippen molar-refractivity contribution in [2.24, 2.45) is 5.73 Å². The highest BCUT2D eigenvalue weighted by molar-refractivity contribution is 5.92. The first kappa shape index (κ1) is 18.7. The molecule has 1 unspecified atom stereocenters. The number of fused-ring (bicyclic) bond motifs is 5. The Morgan fingerprint density at radius 1 is 1.32 bits per heavy atom. The summed E-state index contributed by atoms with van der Waals surface area (Å²) in [6.07, 6.45) is 1.37. The van der Waals surface area contributed by atoms with Crippen LogP contribution in [0.5, 0.6) is 0 Å². The minimum atomic E-state index is -1.86. The first-order valence-electron chi connectivity index (χ1n) is 10.4. The highest BCUT2D eigenvalue weighted by atomic mass is 19.1. The van der Waals surface area contributed by atoms with Gasteiger partial charge in [0.25, 0.3) is 5.56 Å². The van der Waals surface area contributed by atoms with Crippen LogP contribution in [0.1, 0.15) is 53.6 Å². The Morgan fingerprint density at radius 2 is 2.13 bits per heavy atom. The number of aromatic nitrogens is 2. The number of hydrogen-bond donors (Lipinski definition) is 2. The molecule has 8 heteroatoms. The molecule has 0 spiro atoms. The Morgan fingerprint density at radius 3 is 2.90 bits per heavy atom. The second-order valence-electron chi connectivity index (χ2n) is 8.52. The number of halogens is 1. The molecule has 3 aliphatic rings. The Balaban J connectivity index is 1.67. The van der Waals surface area contributed by atoms with E-state index in [-0.39, 0.29) is 35.5 Å². The average molecular weight is 421 g/mol. The first-order valence-corrected chi connectivity index (χ1v) is 10.4. The van der Waals surface area contributed by atoms with Crippen LogP contribution in [0.25, 0.3) is 22.3 Å². The quantitative estimate of drug-likeness (QED) is 0.456. The van der Waals surface area contributed by atoms with E-state index >= 15 is 0 Å². The van der Waals surface area contributed by atoms with E-state index < -0.39 is 17.6 Å². The lowest BCUT2D eigenvalue weighted by Gasteiger charge is -2.31. The van der Waals surface area contributed by atoms with Crippen LogP contribution in [0.3, 0.4) is 0 Å². The van der Waals surface area contributed by atoms with E-state index in [2.05, 4.69) is 0 Å². The molecule has 3 N–H and O–H groups in total. The molecule has 1 aliphatic carbocycles. The van der Waals surface area contributed by atoms with Crippen LogP contribution >= 0.6 is 0 Å². The molecule has 2 aliphatic heterocycles. The molecule has 0 radical (unpaired) electrons. The van der Waals surface area contributed by atoms with Crippen LogP contribution in [0.15, 0.2) is 23.0 Å². The molecule has 2 aromatic heterocycles. The van der Waals surface area contributed by atoms with Gasteiger partial charge in [-0.2, -0.15) is 0 Å². The van der Waals surface area contributed by atoms with Crippen molar-refractivity contribution in [1.29, 1.82) is 0 Å². The fourth-order valence-corrected chi connectivity index (χ4v) is 5.35. The third-order valence-corrected chi connectivity index (χ3v) is 7.03. The maximum absolute atomic E-state index is 14.6. The zero-order valence-electron chi connectivity index (χ0n) is 16.9. The molecule has 31 heavy (non-hydrogen) atoms. The Hall–Kier alpha value is -3.10. The van der Waals surface area contributed by atoms with Gasteiger partial charge in [0.1, 0.15) is 12.4 Å². The molecule has 2 atom stereocenters. The monoisotopic (exact) mass is 421 g/mol. The van der Waals surface area contributed by atoms with Crippen LogP contribution in [-0.4, -0.2) is 20.6 Å². The van der Waals surface area contributed by atoms with Gasteiger partial charge in [0.2, 0.25) is 0 Å². The zero-order valence-corrected chi connectivity index (χ0v) is 16.9. The maximum atomic E-state index is 14.6. The maximum Gasteiger partial charge on any atom is 0.343 e. The van der Waals surface area contributed by atoms with Crippen LogP contribution in [-0.2, 0) is 34.7 Å². The number of carbonyl (C=O) groups is 1. The molecule has 3 aromatic rings. The van der Waals surface area contributed by atoms with Gasteiger partial charge >= 0.3 is 5.97 Å². The second kappa shape index (κ2) is 5.99. The van der Waals surface area contributed by atoms with Crippen molar-refractivity contribution >= 4 is 16.9 Å². The number of benzene rings is 1. The number of pyridine rings is 2. The van der Waals surface area contributed by atoms with Gasteiger partial charge < -0.3 is 20.1 Å². The molecule has 7 nitrogen and oxygen atoms in total. The van der Waals surface area contributed by atoms with Gasteiger partial charge in [-0.15, -0.1) is 0 Å². The topological polar surface area (TPSA) is 107 Å². The van der Waals surface area contributed by atoms with Crippen LogP contribution in [0, 0.1) is 5.82 Å². The first-order chi connectivity index (χ1) is 14.8. The summed E-state index contributed by atoms with van der Waals surface area (Å²) in [7, 11) is 0. The largest absolute Gasteiger partial charge is 0.458 e. The summed E-state index contributed by atoms with van der Waals surface area (Å²) in [6.45, 7) is 1.81. The van der Waals surface area contributed by atoms with Gasteiger partial charge in [0.15, 0.2) is 5.60 Å². The van der Waals surface area contributed by atoms with E-state index in [1.165, 1.54) is 6.07 Å². The third-order valence-electron chi connectivity index (χ3n) is 7.03. The number of esters is 1. The minimum absolute atomic E-state index is 0.0888. The van der Waals surface area contributed by atoms with Gasteiger partial charge in [0.05, 0.1) is 29.0 Å². The fraction of sp³-hybridized carbons (Fsp3) is 0.348. The van der Waals surface area contributed by atoms with Gasteiger partial charge in [-0.3, -0.25) is 4.79 Å². The Kier molecular flexibility index (Phi) is 3.60. The number of hydrogen-bond acceptors (Lipinski definition) is 6. The zero-order chi connectivity index (χ0) is 21.7. The van der Waals surface area contributed by atoms with Gasteiger partial charge in [0, 0.05) is 28.1 Å². The lowest BCUT2D eigenvalue weighted by molar-refractivity contribution is -0.172. The number of nitrogens with two attached hydrogens (primary N) is 1. The van der Waals surface area contributed by atoms with Gasteiger partial charge in [-0.25, -0.2) is 14.2 Å². The molecule has 4 heterocycles. The fourth-order valence-electron chi connectivity index (χ4n) is 5.35. The molecule has 6 rings (SSSR count). The van der Waals surface area contributed by atoms with Crippen molar-refractivity contribution in [2.45, 2.75) is 51.0 Å². The summed E-state index contributed by atoms with van der Waals surface area (Å²) in [5.74, 6) is -1.09. The van der Waals surface area contributed by atoms with E-state index in [4.69, 9.17) is 15.5 Å². The summed E-state index contributed by atoms with van der Waals surface area (Å²) in [6, 6.07) is 4.32. The Labute approximate surface area is 176 Å². The van der Waals surface area contributed by atoms with Crippen molar-refractivity contribution in [3.63, 3.8) is 0 Å². The molecular formula is C23H20FN3O4. The lowest BCUT2D eigenvalue weighted by atomic mass is 9.84. The van der Waals surface area contributed by atoms with Crippen molar-refractivity contribution in [1.82, 2.24) is 9.55 Å². The number of rotatable bonds is 1. The molecule has 0 amide bonds. The van der Waals surface area contributed by atoms with Crippen LogP contribution in [0.4, 0.5) is 4.39 Å². The average Bonchev–Trinajstić information content (AvgIpc) is 3.13. The molecule has 1 aromatic carbocycles. The number of nitrogens with zero attached hydrogens (tertiary/aromatic N) is 2. The summed E-state index contributed by atoms with van der Waals surface area (Å²) in [5, 5.41) is 11.7. The molecule has 158 valence electrons. The third kappa shape index (κ3) is 2.21. The van der Waals surface area contributed by atoms with Crippen molar-refractivity contribution in [3.8, 4) is 11.4 Å². The number of aliphatic hydroxyl groups is 1. The van der Waals surface area contributed by atoms with Gasteiger partial charge in [-0.05, 0) is 43.0 Å². The number of ether oxygens (including phenoxy) is 1. The number of cyclic esters (lactones) is 1. The standard InChI is InChI=1S/C23H20FN3O4/c1-2-23(30)13-7-17-20-11(8-27(17)21(28)12(13)9-31-22(23)29)10-3-5-15(25)19-14(24)4-6-16(26-20)18(10)19/h4,6-7,15,30H,2-3,5,8-9,25H2,1H3/t15?,23-/m0/s1. The molecule has 0 bridgehead atoms. The summed E-state index contributed by atoms with van der Waals surface area (Å²) >= 11 is 0. The van der Waals surface area contributed by atoms with E-state index in [1.54, 1.807) is 23.6 Å².